The van der Waals surface area contributed by atoms with Crippen LogP contribution in [0.15, 0.2) is 40.6 Å². The van der Waals surface area contributed by atoms with Gasteiger partial charge >= 0.3 is 0 Å². The second kappa shape index (κ2) is 7.81. The van der Waals surface area contributed by atoms with E-state index in [0.717, 1.165) is 29.9 Å². The SMILES string of the molecule is CC(C)(C(=O)NC1CCOCC1)c1ccc(S(=O)(=O)/C=C/C#N)cc1. The topological polar surface area (TPSA) is 96.3 Å². The lowest BCUT2D eigenvalue weighted by Crippen LogP contribution is -2.47. The Balaban J connectivity index is 2.15. The van der Waals surface area contributed by atoms with Gasteiger partial charge in [0.1, 0.15) is 0 Å². The van der Waals surface area contributed by atoms with Crippen molar-refractivity contribution in [3.05, 3.63) is 41.3 Å². The summed E-state index contributed by atoms with van der Waals surface area (Å²) >= 11 is 0. The van der Waals surface area contributed by atoms with Gasteiger partial charge in [-0.15, -0.1) is 0 Å². The first-order valence-corrected chi connectivity index (χ1v) is 9.62. The van der Waals surface area contributed by atoms with Crippen molar-refractivity contribution < 1.29 is 17.9 Å². The van der Waals surface area contributed by atoms with Crippen molar-refractivity contribution in [1.29, 1.82) is 5.26 Å². The van der Waals surface area contributed by atoms with E-state index in [1.807, 2.05) is 0 Å². The first-order valence-electron chi connectivity index (χ1n) is 8.08. The number of amides is 1. The predicted octanol–water partition coefficient (Wildman–Crippen LogP) is 2.07. The number of sulfone groups is 1. The van der Waals surface area contributed by atoms with Gasteiger partial charge in [-0.1, -0.05) is 12.1 Å². The maximum Gasteiger partial charge on any atom is 0.230 e. The summed E-state index contributed by atoms with van der Waals surface area (Å²) in [7, 11) is -3.65. The molecule has 134 valence electrons. The molecule has 0 bridgehead atoms. The third kappa shape index (κ3) is 4.68. The monoisotopic (exact) mass is 362 g/mol. The van der Waals surface area contributed by atoms with Crippen LogP contribution in [-0.4, -0.2) is 33.6 Å². The van der Waals surface area contributed by atoms with E-state index in [2.05, 4.69) is 5.32 Å². The van der Waals surface area contributed by atoms with Gasteiger partial charge in [-0.2, -0.15) is 5.26 Å². The van der Waals surface area contributed by atoms with Crippen LogP contribution in [0, 0.1) is 11.3 Å². The fourth-order valence-electron chi connectivity index (χ4n) is 2.60. The van der Waals surface area contributed by atoms with Crippen molar-refractivity contribution in [2.75, 3.05) is 13.2 Å². The molecule has 1 heterocycles. The summed E-state index contributed by atoms with van der Waals surface area (Å²) in [6.07, 6.45) is 2.52. The number of benzene rings is 1. The average Bonchev–Trinajstić information content (AvgIpc) is 2.61. The van der Waals surface area contributed by atoms with E-state index in [9.17, 15) is 13.2 Å². The van der Waals surface area contributed by atoms with Crippen molar-refractivity contribution >= 4 is 15.7 Å². The van der Waals surface area contributed by atoms with Gasteiger partial charge < -0.3 is 10.1 Å². The summed E-state index contributed by atoms with van der Waals surface area (Å²) in [5, 5.41) is 12.4. The highest BCUT2D eigenvalue weighted by molar-refractivity contribution is 7.94. The molecule has 1 amide bonds. The maximum atomic E-state index is 12.6. The molecule has 1 aliphatic rings. The second-order valence-corrected chi connectivity index (χ2v) is 8.32. The molecule has 1 aliphatic heterocycles. The Bertz CT molecular complexity index is 783. The molecule has 0 unspecified atom stereocenters. The molecule has 1 fully saturated rings. The molecule has 6 nitrogen and oxygen atoms in total. The van der Waals surface area contributed by atoms with Crippen molar-refractivity contribution in [2.24, 2.45) is 0 Å². The van der Waals surface area contributed by atoms with Gasteiger partial charge in [-0.25, -0.2) is 8.42 Å². The largest absolute Gasteiger partial charge is 0.381 e. The lowest BCUT2D eigenvalue weighted by Gasteiger charge is -2.29. The predicted molar refractivity (Wildman–Crippen MR) is 93.4 cm³/mol. The molecule has 0 spiro atoms. The van der Waals surface area contributed by atoms with E-state index in [1.54, 1.807) is 32.0 Å². The van der Waals surface area contributed by atoms with Gasteiger partial charge in [0, 0.05) is 30.7 Å². The summed E-state index contributed by atoms with van der Waals surface area (Å²) in [6.45, 7) is 4.91. The zero-order valence-corrected chi connectivity index (χ0v) is 15.2. The molecule has 0 atom stereocenters. The van der Waals surface area contributed by atoms with Crippen LogP contribution < -0.4 is 5.32 Å². The lowest BCUT2D eigenvalue weighted by atomic mass is 9.83. The molecule has 25 heavy (non-hydrogen) atoms. The summed E-state index contributed by atoms with van der Waals surface area (Å²) in [5.74, 6) is -0.0978. The number of carbonyl (C=O) groups is 1. The zero-order chi connectivity index (χ0) is 18.5. The van der Waals surface area contributed by atoms with Gasteiger partial charge in [0.05, 0.1) is 16.4 Å². The third-order valence-electron chi connectivity index (χ3n) is 4.35. The quantitative estimate of drug-likeness (QED) is 0.809. The minimum absolute atomic E-state index is 0.0865. The van der Waals surface area contributed by atoms with Crippen molar-refractivity contribution in [3.63, 3.8) is 0 Å². The van der Waals surface area contributed by atoms with Crippen LogP contribution in [0.3, 0.4) is 0 Å². The van der Waals surface area contributed by atoms with Crippen LogP contribution in [0.2, 0.25) is 0 Å². The number of hydrogen-bond donors (Lipinski definition) is 1. The van der Waals surface area contributed by atoms with Gasteiger partial charge in [0.2, 0.25) is 15.7 Å². The molecule has 0 aromatic heterocycles. The van der Waals surface area contributed by atoms with E-state index in [1.165, 1.54) is 12.1 Å². The number of nitriles is 1. The fourth-order valence-corrected chi connectivity index (χ4v) is 3.51. The fraction of sp³-hybridized carbons (Fsp3) is 0.444. The maximum absolute atomic E-state index is 12.6. The summed E-state index contributed by atoms with van der Waals surface area (Å²) in [6, 6.07) is 7.95. The Kier molecular flexibility index (Phi) is 5.98. The van der Waals surface area contributed by atoms with Gasteiger partial charge in [-0.05, 0) is 44.4 Å². The molecule has 0 saturated carbocycles. The number of nitrogens with zero attached hydrogens (tertiary/aromatic N) is 1. The van der Waals surface area contributed by atoms with E-state index in [-0.39, 0.29) is 16.8 Å². The number of hydrogen-bond acceptors (Lipinski definition) is 5. The smallest absolute Gasteiger partial charge is 0.230 e. The number of ether oxygens (including phenoxy) is 1. The van der Waals surface area contributed by atoms with Crippen molar-refractivity contribution in [1.82, 2.24) is 5.32 Å². The highest BCUT2D eigenvalue weighted by Crippen LogP contribution is 2.26. The van der Waals surface area contributed by atoms with Crippen LogP contribution in [0.1, 0.15) is 32.3 Å². The van der Waals surface area contributed by atoms with Crippen LogP contribution in [-0.2, 0) is 24.8 Å². The molecular weight excluding hydrogens is 340 g/mol. The number of rotatable bonds is 5. The van der Waals surface area contributed by atoms with Crippen LogP contribution in [0.5, 0.6) is 0 Å². The first kappa shape index (κ1) is 19.2. The van der Waals surface area contributed by atoms with Crippen LogP contribution >= 0.6 is 0 Å². The molecule has 7 heteroatoms. The van der Waals surface area contributed by atoms with Gasteiger partial charge in [0.25, 0.3) is 0 Å². The van der Waals surface area contributed by atoms with Gasteiger partial charge in [-0.3, -0.25) is 4.79 Å². The van der Waals surface area contributed by atoms with Crippen LogP contribution in [0.25, 0.3) is 0 Å². The minimum Gasteiger partial charge on any atom is -0.381 e. The number of nitrogens with one attached hydrogen (secondary N) is 1. The molecule has 0 radical (unpaired) electrons. The molecule has 0 aliphatic carbocycles. The standard InChI is InChI=1S/C18H22N2O4S/c1-18(2,17(21)20-15-8-11-24-12-9-15)14-4-6-16(7-5-14)25(22,23)13-3-10-19/h3-7,13,15H,8-9,11-12H2,1-2H3,(H,20,21)/b13-3+. The van der Waals surface area contributed by atoms with Gasteiger partial charge in [0.15, 0.2) is 0 Å². The highest BCUT2D eigenvalue weighted by atomic mass is 32.2. The Labute approximate surface area is 148 Å². The second-order valence-electron chi connectivity index (χ2n) is 6.49. The first-order chi connectivity index (χ1) is 11.8. The van der Waals surface area contributed by atoms with Crippen molar-refractivity contribution in [2.45, 2.75) is 43.0 Å². The van der Waals surface area contributed by atoms with E-state index >= 15 is 0 Å². The minimum atomic E-state index is -3.65. The summed E-state index contributed by atoms with van der Waals surface area (Å²) in [4.78, 5) is 12.7. The lowest BCUT2D eigenvalue weighted by molar-refractivity contribution is -0.127. The Morgan fingerprint density at radius 3 is 2.44 bits per heavy atom. The normalized spacial score (nSPS) is 16.5. The number of allylic oxidation sites excluding steroid dienone is 1. The summed E-state index contributed by atoms with van der Waals surface area (Å²) < 4.78 is 29.3. The Morgan fingerprint density at radius 1 is 1.28 bits per heavy atom. The van der Waals surface area contributed by atoms with E-state index < -0.39 is 15.3 Å². The van der Waals surface area contributed by atoms with E-state index in [4.69, 9.17) is 10.00 Å². The highest BCUT2D eigenvalue weighted by Gasteiger charge is 2.32. The molecular formula is C18H22N2O4S. The molecule has 2 rings (SSSR count). The third-order valence-corrected chi connectivity index (χ3v) is 5.77. The van der Waals surface area contributed by atoms with E-state index in [0.29, 0.717) is 13.2 Å². The summed E-state index contributed by atoms with van der Waals surface area (Å²) in [5.41, 5.74) is -0.0661. The molecule has 1 aromatic rings. The molecule has 1 saturated heterocycles. The molecule has 1 aromatic carbocycles. The zero-order valence-electron chi connectivity index (χ0n) is 14.4. The number of carbonyl (C=O) groups excluding carboxylic acids is 1. The Hall–Kier alpha value is -2.17. The molecule has 1 N–H and O–H groups in total. The average molecular weight is 362 g/mol. The van der Waals surface area contributed by atoms with Crippen molar-refractivity contribution in [3.8, 4) is 6.07 Å². The Morgan fingerprint density at radius 2 is 1.88 bits per heavy atom. The van der Waals surface area contributed by atoms with Crippen LogP contribution in [0.4, 0.5) is 0 Å².